The van der Waals surface area contributed by atoms with Gasteiger partial charge in [0.05, 0.1) is 40.9 Å². The Bertz CT molecular complexity index is 1790. The Balaban J connectivity index is 0.000000617. The normalized spacial score (nSPS) is 14.7. The molecule has 1 amide bonds. The van der Waals surface area contributed by atoms with E-state index in [4.69, 9.17) is 26.2 Å². The third kappa shape index (κ3) is 8.82. The van der Waals surface area contributed by atoms with E-state index >= 15 is 0 Å². The molecule has 1 unspecified atom stereocenters. The Kier molecular flexibility index (Phi) is 11.0. The molecular weight excluding hydrogens is 627 g/mol. The van der Waals surface area contributed by atoms with E-state index in [0.29, 0.717) is 46.5 Å². The van der Waals surface area contributed by atoms with Gasteiger partial charge in [0.15, 0.2) is 0 Å². The average molecular weight is 660 g/mol. The van der Waals surface area contributed by atoms with Crippen molar-refractivity contribution in [3.8, 4) is 16.9 Å². The highest BCUT2D eigenvalue weighted by Crippen LogP contribution is 2.36. The van der Waals surface area contributed by atoms with Crippen LogP contribution in [-0.4, -0.2) is 52.2 Å². The summed E-state index contributed by atoms with van der Waals surface area (Å²) in [6.07, 6.45) is 0.885. The minimum absolute atomic E-state index is 0.211. The van der Waals surface area contributed by atoms with Gasteiger partial charge in [0.2, 0.25) is 0 Å². The van der Waals surface area contributed by atoms with Crippen molar-refractivity contribution in [2.75, 3.05) is 18.5 Å². The Morgan fingerprint density at radius 3 is 2.43 bits per heavy atom. The number of aromatic amines is 1. The highest BCUT2D eigenvalue weighted by molar-refractivity contribution is 6.35. The van der Waals surface area contributed by atoms with E-state index < -0.39 is 18.1 Å². The number of hydrogen-bond acceptors (Lipinski definition) is 7. The van der Waals surface area contributed by atoms with Gasteiger partial charge in [-0.3, -0.25) is 9.59 Å². The number of quaternary nitrogens is 1. The fourth-order valence-corrected chi connectivity index (χ4v) is 5.55. The molecule has 2 aromatic carbocycles. The van der Waals surface area contributed by atoms with Gasteiger partial charge in [0, 0.05) is 18.0 Å². The van der Waals surface area contributed by atoms with Gasteiger partial charge in [-0.25, -0.2) is 9.97 Å². The minimum Gasteiger partial charge on any atom is -0.542 e. The standard InChI is InChI=1S/C30H32ClN5O3.C2HF3O2/c1-17-12-18(2)14-20(13-17)27-28(39-11-8-21-6-4-5-9-33-21)23-15-22(24(31)16-25(23)35-30(27)38)29(37)36-26-7-10-32-19(3)34-26;3-2(4,5)1(6)7/h7,10,12-16,21,33H,4-6,8-9,11H2,1-3H3,(H,35,38)(H,32,34,36,37);(H,6,7). The third-order valence-electron chi connectivity index (χ3n) is 7.32. The number of fused-ring (bicyclic) bond motifs is 1. The summed E-state index contributed by atoms with van der Waals surface area (Å²) in [5, 5.41) is 14.8. The molecule has 1 atom stereocenters. The second kappa shape index (κ2) is 14.7. The number of carboxylic acids is 1. The van der Waals surface area contributed by atoms with Crippen molar-refractivity contribution in [2.24, 2.45) is 0 Å². The number of halogens is 4. The third-order valence-corrected chi connectivity index (χ3v) is 7.64. The Labute approximate surface area is 267 Å². The van der Waals surface area contributed by atoms with Crippen LogP contribution in [0.25, 0.3) is 22.0 Å². The maximum Gasteiger partial charge on any atom is 0.430 e. The van der Waals surface area contributed by atoms with Crippen molar-refractivity contribution in [3.05, 3.63) is 80.5 Å². The predicted molar refractivity (Wildman–Crippen MR) is 165 cm³/mol. The van der Waals surface area contributed by atoms with Crippen LogP contribution in [0.3, 0.4) is 0 Å². The van der Waals surface area contributed by atoms with Gasteiger partial charge < -0.3 is 30.3 Å². The van der Waals surface area contributed by atoms with E-state index in [1.54, 1.807) is 31.3 Å². The number of benzene rings is 2. The van der Waals surface area contributed by atoms with Gasteiger partial charge in [0.25, 0.3) is 11.5 Å². The molecule has 0 spiro atoms. The molecule has 1 aliphatic rings. The molecule has 0 radical (unpaired) electrons. The largest absolute Gasteiger partial charge is 0.542 e. The molecule has 1 saturated heterocycles. The van der Waals surface area contributed by atoms with Crippen LogP contribution in [0.5, 0.6) is 5.75 Å². The summed E-state index contributed by atoms with van der Waals surface area (Å²) >= 11 is 6.54. The van der Waals surface area contributed by atoms with Crippen LogP contribution in [-0.2, 0) is 4.79 Å². The number of nitrogens with two attached hydrogens (primary N) is 1. The lowest BCUT2D eigenvalue weighted by Crippen LogP contribution is -2.91. The zero-order valence-electron chi connectivity index (χ0n) is 25.4. The van der Waals surface area contributed by atoms with Crippen LogP contribution >= 0.6 is 11.6 Å². The van der Waals surface area contributed by atoms with Gasteiger partial charge in [-0.2, -0.15) is 13.2 Å². The van der Waals surface area contributed by atoms with E-state index in [0.717, 1.165) is 36.1 Å². The lowest BCUT2D eigenvalue weighted by molar-refractivity contribution is -0.698. The summed E-state index contributed by atoms with van der Waals surface area (Å²) in [6.45, 7) is 7.35. The van der Waals surface area contributed by atoms with E-state index in [1.165, 1.54) is 12.8 Å². The lowest BCUT2D eigenvalue weighted by atomic mass is 9.98. The predicted octanol–water partition coefficient (Wildman–Crippen LogP) is 4.00. The van der Waals surface area contributed by atoms with Crippen LogP contribution in [0.2, 0.25) is 5.02 Å². The van der Waals surface area contributed by atoms with Crippen LogP contribution in [0.1, 0.15) is 53.0 Å². The first kappa shape index (κ1) is 34.4. The Morgan fingerprint density at radius 1 is 1.13 bits per heavy atom. The number of H-pyrrole nitrogens is 1. The van der Waals surface area contributed by atoms with E-state index in [-0.39, 0.29) is 16.1 Å². The molecule has 0 saturated carbocycles. The second-order valence-electron chi connectivity index (χ2n) is 11.1. The Hall–Kier alpha value is -4.49. The van der Waals surface area contributed by atoms with Gasteiger partial charge in [0.1, 0.15) is 23.4 Å². The quantitative estimate of drug-likeness (QED) is 0.271. The number of carboxylic acid groups (broad SMARTS) is 1. The number of piperidine rings is 1. The highest BCUT2D eigenvalue weighted by atomic mass is 35.5. The molecule has 1 aliphatic heterocycles. The number of ether oxygens (including phenoxy) is 1. The highest BCUT2D eigenvalue weighted by Gasteiger charge is 2.29. The summed E-state index contributed by atoms with van der Waals surface area (Å²) < 4.78 is 38.0. The molecular formula is C32H33ClF3N5O5. The number of carbonyl (C=O) groups is 2. The summed E-state index contributed by atoms with van der Waals surface area (Å²) in [4.78, 5) is 46.8. The maximum absolute atomic E-state index is 13.5. The maximum atomic E-state index is 13.5. The van der Waals surface area contributed by atoms with Gasteiger partial charge in [-0.15, -0.1) is 0 Å². The number of nitrogens with one attached hydrogen (secondary N) is 2. The fraction of sp³-hybridized carbons (Fsp3) is 0.344. The monoisotopic (exact) mass is 659 g/mol. The summed E-state index contributed by atoms with van der Waals surface area (Å²) in [5.41, 5.74) is 3.80. The molecule has 4 N–H and O–H groups in total. The first-order chi connectivity index (χ1) is 21.7. The number of aliphatic carboxylic acids is 1. The molecule has 2 aromatic heterocycles. The summed E-state index contributed by atoms with van der Waals surface area (Å²) in [6, 6.07) is 11.4. The number of aromatic nitrogens is 3. The second-order valence-corrected chi connectivity index (χ2v) is 11.5. The number of carbonyl (C=O) groups excluding carboxylic acids is 2. The number of hydrogen-bond donors (Lipinski definition) is 3. The summed E-state index contributed by atoms with van der Waals surface area (Å²) in [7, 11) is 0. The number of amides is 1. The van der Waals surface area contributed by atoms with Crippen molar-refractivity contribution >= 4 is 40.2 Å². The van der Waals surface area contributed by atoms with Crippen molar-refractivity contribution in [3.63, 3.8) is 0 Å². The Morgan fingerprint density at radius 2 is 1.83 bits per heavy atom. The van der Waals surface area contributed by atoms with Crippen LogP contribution < -0.4 is 26.0 Å². The topological polar surface area (TPSA) is 154 Å². The van der Waals surface area contributed by atoms with E-state index in [9.17, 15) is 22.8 Å². The van der Waals surface area contributed by atoms with Crippen molar-refractivity contribution in [2.45, 2.75) is 58.7 Å². The van der Waals surface area contributed by atoms with Crippen LogP contribution in [0.4, 0.5) is 19.0 Å². The lowest BCUT2D eigenvalue weighted by Gasteiger charge is -2.21. The zero-order valence-corrected chi connectivity index (χ0v) is 26.1. The van der Waals surface area contributed by atoms with E-state index in [1.807, 2.05) is 26.0 Å². The minimum atomic E-state index is -5.19. The van der Waals surface area contributed by atoms with Crippen LogP contribution in [0, 0.1) is 20.8 Å². The zero-order chi connectivity index (χ0) is 33.6. The molecule has 0 bridgehead atoms. The van der Waals surface area contributed by atoms with Gasteiger partial charge in [-0.05, 0) is 63.8 Å². The number of rotatable bonds is 7. The first-order valence-corrected chi connectivity index (χ1v) is 14.9. The molecule has 5 rings (SSSR count). The van der Waals surface area contributed by atoms with Gasteiger partial charge >= 0.3 is 6.18 Å². The van der Waals surface area contributed by atoms with Crippen molar-refractivity contribution in [1.29, 1.82) is 0 Å². The number of alkyl halides is 3. The molecule has 1 fully saturated rings. The molecule has 3 heterocycles. The van der Waals surface area contributed by atoms with Crippen LogP contribution in [0.15, 0.2) is 47.4 Å². The number of pyridine rings is 1. The SMILES string of the molecule is Cc1cc(C)cc(-c2c(OCCC3CCCC[NH2+]3)c3cc(C(=O)Nc4ccnc(C)n4)c(Cl)cc3[nH]c2=O)c1.O=C([O-])C(F)(F)F. The molecule has 10 nitrogen and oxygen atoms in total. The first-order valence-electron chi connectivity index (χ1n) is 14.6. The number of aryl methyl sites for hydroxylation is 3. The smallest absolute Gasteiger partial charge is 0.430 e. The fourth-order valence-electron chi connectivity index (χ4n) is 5.30. The molecule has 4 aromatic rings. The van der Waals surface area contributed by atoms with Crippen molar-refractivity contribution in [1.82, 2.24) is 15.0 Å². The molecule has 14 heteroatoms. The van der Waals surface area contributed by atoms with E-state index in [2.05, 4.69) is 31.7 Å². The van der Waals surface area contributed by atoms with Gasteiger partial charge in [-0.1, -0.05) is 40.9 Å². The number of nitrogens with zero attached hydrogens (tertiary/aromatic N) is 2. The average Bonchev–Trinajstić information content (AvgIpc) is 2.96. The molecule has 244 valence electrons. The number of anilines is 1. The van der Waals surface area contributed by atoms with Crippen molar-refractivity contribution < 1.29 is 37.9 Å². The molecule has 46 heavy (non-hydrogen) atoms. The summed E-state index contributed by atoms with van der Waals surface area (Å²) in [5.74, 6) is -2.05. The molecule has 0 aliphatic carbocycles.